The molecule has 2 aromatic rings. The van der Waals surface area contributed by atoms with E-state index < -0.39 is 57.1 Å². The van der Waals surface area contributed by atoms with Gasteiger partial charge in [-0.05, 0) is 18.6 Å². The Morgan fingerprint density at radius 3 is 2.70 bits per heavy atom. The highest BCUT2D eigenvalue weighted by Crippen LogP contribution is 2.44. The number of carbonyl (C=O) groups excluding carboxylic acids is 1. The predicted octanol–water partition coefficient (Wildman–Crippen LogP) is 1.83. The van der Waals surface area contributed by atoms with Crippen molar-refractivity contribution in [1.29, 1.82) is 0 Å². The Kier molecular flexibility index (Phi) is 4.77. The van der Waals surface area contributed by atoms with Gasteiger partial charge in [0.25, 0.3) is 5.91 Å². The minimum Gasteiger partial charge on any atom is -0.375 e. The van der Waals surface area contributed by atoms with Gasteiger partial charge in [-0.15, -0.1) is 0 Å². The number of aromatic nitrogens is 1. The Morgan fingerprint density at radius 2 is 2.07 bits per heavy atom. The first kappa shape index (κ1) is 19.7. The van der Waals surface area contributed by atoms with Crippen molar-refractivity contribution in [1.82, 2.24) is 5.16 Å². The molecule has 0 bridgehead atoms. The third kappa shape index (κ3) is 3.56. The van der Waals surface area contributed by atoms with E-state index in [2.05, 4.69) is 9.52 Å². The number of fused-ring (bicyclic) bond motifs is 1. The maximum atomic E-state index is 13.7. The summed E-state index contributed by atoms with van der Waals surface area (Å²) in [4.78, 5) is 11.5. The first-order valence-corrected chi connectivity index (χ1v) is 9.67. The second-order valence-corrected chi connectivity index (χ2v) is 8.83. The van der Waals surface area contributed by atoms with Crippen LogP contribution in [0.1, 0.15) is 18.5 Å². The van der Waals surface area contributed by atoms with E-state index in [1.807, 2.05) is 0 Å². The molecule has 0 saturated heterocycles. The van der Waals surface area contributed by atoms with Crippen molar-refractivity contribution in [2.24, 2.45) is 10.1 Å². The molecule has 1 amide bonds. The van der Waals surface area contributed by atoms with E-state index in [0.717, 1.165) is 18.2 Å². The molecule has 0 saturated carbocycles. The smallest absolute Gasteiger partial charge is 0.375 e. The van der Waals surface area contributed by atoms with Crippen LogP contribution in [0.25, 0.3) is 11.0 Å². The Morgan fingerprint density at radius 1 is 1.37 bits per heavy atom. The van der Waals surface area contributed by atoms with E-state index in [1.165, 1.54) is 0 Å². The van der Waals surface area contributed by atoms with Gasteiger partial charge in [-0.1, -0.05) is 5.16 Å². The number of nitrogens with zero attached hydrogens (tertiary/aromatic N) is 2. The summed E-state index contributed by atoms with van der Waals surface area (Å²) in [7, 11) is -3.30. The lowest BCUT2D eigenvalue weighted by atomic mass is 9.93. The van der Waals surface area contributed by atoms with Crippen LogP contribution in [0.4, 0.5) is 17.6 Å². The largest absolute Gasteiger partial charge is 0.423 e. The third-order valence-corrected chi connectivity index (χ3v) is 6.63. The molecule has 1 aliphatic heterocycles. The number of amides is 1. The molecule has 1 aromatic carbocycles. The van der Waals surface area contributed by atoms with Crippen molar-refractivity contribution in [3.05, 3.63) is 29.7 Å². The highest BCUT2D eigenvalue weighted by atomic mass is 32.2. The third-order valence-electron chi connectivity index (χ3n) is 4.40. The van der Waals surface area contributed by atoms with Crippen LogP contribution in [0.2, 0.25) is 0 Å². The number of aliphatic hydroxyl groups is 1. The van der Waals surface area contributed by atoms with Gasteiger partial charge in [0.05, 0.1) is 15.8 Å². The molecule has 2 heterocycles. The van der Waals surface area contributed by atoms with Gasteiger partial charge in [0, 0.05) is 29.4 Å². The van der Waals surface area contributed by atoms with Crippen molar-refractivity contribution >= 4 is 26.6 Å². The van der Waals surface area contributed by atoms with E-state index >= 15 is 0 Å². The fraction of sp³-hybridized carbons (Fsp3) is 0.467. The van der Waals surface area contributed by atoms with Crippen LogP contribution in [0.15, 0.2) is 27.1 Å². The van der Waals surface area contributed by atoms with E-state index in [0.29, 0.717) is 0 Å². The molecular formula is C15H15F4N3O4S. The number of hydrogen-bond acceptors (Lipinski definition) is 6. The van der Waals surface area contributed by atoms with Gasteiger partial charge in [-0.3, -0.25) is 4.79 Å². The zero-order valence-corrected chi connectivity index (χ0v) is 14.5. The maximum absolute atomic E-state index is 13.7. The summed E-state index contributed by atoms with van der Waals surface area (Å²) in [5.74, 6) is -2.45. The topological polar surface area (TPSA) is 119 Å². The molecule has 7 nitrogen and oxygen atoms in total. The summed E-state index contributed by atoms with van der Waals surface area (Å²) in [5, 5.41) is 13.5. The lowest BCUT2D eigenvalue weighted by molar-refractivity contribution is -0.268. The van der Waals surface area contributed by atoms with Crippen molar-refractivity contribution in [2.75, 3.05) is 11.5 Å². The first-order chi connectivity index (χ1) is 12.5. The molecule has 27 heavy (non-hydrogen) atoms. The Bertz CT molecular complexity index is 1010. The van der Waals surface area contributed by atoms with Crippen LogP contribution < -0.4 is 5.73 Å². The van der Waals surface area contributed by atoms with Crippen LogP contribution in [0, 0.1) is 5.82 Å². The normalized spacial score (nSPS) is 26.0. The lowest BCUT2D eigenvalue weighted by Gasteiger charge is -2.29. The molecule has 3 N–H and O–H groups in total. The van der Waals surface area contributed by atoms with E-state index in [4.69, 9.17) is 10.3 Å². The Balaban J connectivity index is 2.00. The van der Waals surface area contributed by atoms with Crippen LogP contribution >= 0.6 is 0 Å². The van der Waals surface area contributed by atoms with E-state index in [9.17, 15) is 31.7 Å². The first-order valence-electron chi connectivity index (χ1n) is 7.82. The summed E-state index contributed by atoms with van der Waals surface area (Å²) in [5.41, 5.74) is 0.790. The summed E-state index contributed by atoms with van der Waals surface area (Å²) >= 11 is 0. The fourth-order valence-electron chi connectivity index (χ4n) is 2.77. The zero-order chi connectivity index (χ0) is 20.0. The minimum atomic E-state index is -5.20. The zero-order valence-electron chi connectivity index (χ0n) is 13.7. The van der Waals surface area contributed by atoms with E-state index in [-0.39, 0.29) is 23.1 Å². The molecule has 1 aromatic heterocycles. The second kappa shape index (κ2) is 6.53. The molecule has 0 fully saturated rings. The fourth-order valence-corrected chi connectivity index (χ4v) is 4.86. The molecule has 1 aliphatic rings. The van der Waals surface area contributed by atoms with Gasteiger partial charge < -0.3 is 15.4 Å². The summed E-state index contributed by atoms with van der Waals surface area (Å²) < 4.78 is 75.0. The summed E-state index contributed by atoms with van der Waals surface area (Å²) in [6, 6.07) is 1.80. The monoisotopic (exact) mass is 409 g/mol. The molecular weight excluding hydrogens is 394 g/mol. The van der Waals surface area contributed by atoms with E-state index in [1.54, 1.807) is 0 Å². The SMILES string of the molecule is NC1CCS(=O)(CCC(O)(c2noc3cc(F)ccc23)C(F)(F)F)=NC1=O. The number of benzene rings is 1. The molecule has 0 aliphatic carbocycles. The van der Waals surface area contributed by atoms with Crippen molar-refractivity contribution in [3.63, 3.8) is 0 Å². The Hall–Kier alpha value is -2.05. The van der Waals surface area contributed by atoms with Gasteiger partial charge in [-0.25, -0.2) is 8.60 Å². The maximum Gasteiger partial charge on any atom is 0.423 e. The average molecular weight is 409 g/mol. The number of hydrogen-bond donors (Lipinski definition) is 2. The highest BCUT2D eigenvalue weighted by molar-refractivity contribution is 7.93. The quantitative estimate of drug-likeness (QED) is 0.744. The standard InChI is InChI=1S/C15H15F4N3O4S/c16-8-1-2-9-11(7-8)26-21-12(9)14(24,15(17,18)19)4-6-27(25)5-3-10(20)13(23)22-27/h1-2,7,10,24H,3-6,20H2. The molecule has 148 valence electrons. The highest BCUT2D eigenvalue weighted by Gasteiger charge is 2.57. The second-order valence-electron chi connectivity index (χ2n) is 6.29. The number of rotatable bonds is 4. The lowest BCUT2D eigenvalue weighted by Crippen LogP contribution is -2.45. The average Bonchev–Trinajstić information content (AvgIpc) is 2.99. The summed E-state index contributed by atoms with van der Waals surface area (Å²) in [6.45, 7) is 0. The molecule has 12 heteroatoms. The van der Waals surface area contributed by atoms with Crippen molar-refractivity contribution in [2.45, 2.75) is 30.7 Å². The van der Waals surface area contributed by atoms with Gasteiger partial charge in [-0.2, -0.15) is 17.5 Å². The number of carbonyl (C=O) groups is 1. The van der Waals surface area contributed by atoms with Gasteiger partial charge in [0.1, 0.15) is 11.5 Å². The van der Waals surface area contributed by atoms with Gasteiger partial charge >= 0.3 is 6.18 Å². The molecule has 3 atom stereocenters. The van der Waals surface area contributed by atoms with Gasteiger partial charge in [0.15, 0.2) is 5.58 Å². The van der Waals surface area contributed by atoms with Crippen LogP contribution in [0.3, 0.4) is 0 Å². The van der Waals surface area contributed by atoms with Crippen LogP contribution in [-0.2, 0) is 20.1 Å². The molecule has 3 unspecified atom stereocenters. The van der Waals surface area contributed by atoms with Crippen molar-refractivity contribution < 1.29 is 36.2 Å². The predicted molar refractivity (Wildman–Crippen MR) is 86.4 cm³/mol. The minimum absolute atomic E-state index is 0.0256. The molecule has 0 radical (unpaired) electrons. The number of halogens is 4. The Labute approximate surface area is 150 Å². The molecule has 3 rings (SSSR count). The number of nitrogens with two attached hydrogens (primary N) is 1. The molecule has 0 spiro atoms. The van der Waals surface area contributed by atoms with Gasteiger partial charge in [0.2, 0.25) is 5.60 Å². The van der Waals surface area contributed by atoms with Crippen LogP contribution in [0.5, 0.6) is 0 Å². The number of alkyl halides is 3. The summed E-state index contributed by atoms with van der Waals surface area (Å²) in [6.07, 6.45) is -6.24. The van der Waals surface area contributed by atoms with Crippen LogP contribution in [-0.4, -0.2) is 44.1 Å². The van der Waals surface area contributed by atoms with Crippen molar-refractivity contribution in [3.8, 4) is 0 Å².